The Balaban J connectivity index is 1.62. The minimum absolute atomic E-state index is 0.0365. The predicted molar refractivity (Wildman–Crippen MR) is 91.5 cm³/mol. The molecule has 3 rings (SSSR count). The molecule has 0 spiro atoms. The molecule has 0 bridgehead atoms. The van der Waals surface area contributed by atoms with Crippen LogP contribution in [-0.2, 0) is 11.2 Å². The summed E-state index contributed by atoms with van der Waals surface area (Å²) >= 11 is 0. The van der Waals surface area contributed by atoms with Crippen LogP contribution in [0.2, 0.25) is 0 Å². The fourth-order valence-corrected chi connectivity index (χ4v) is 2.80. The molecule has 126 valence electrons. The monoisotopic (exact) mass is 326 g/mol. The van der Waals surface area contributed by atoms with Crippen molar-refractivity contribution < 1.29 is 19.4 Å². The van der Waals surface area contributed by atoms with Gasteiger partial charge in [-0.2, -0.15) is 0 Å². The zero-order valence-corrected chi connectivity index (χ0v) is 13.8. The zero-order chi connectivity index (χ0) is 16.9. The summed E-state index contributed by atoms with van der Waals surface area (Å²) in [7, 11) is 0. The number of hydrogen-bond donors (Lipinski definition) is 1. The van der Waals surface area contributed by atoms with Gasteiger partial charge >= 0.3 is 0 Å². The highest BCUT2D eigenvalue weighted by atomic mass is 16.7. The molecule has 24 heavy (non-hydrogen) atoms. The van der Waals surface area contributed by atoms with E-state index in [1.165, 1.54) is 0 Å². The number of benzene rings is 2. The van der Waals surface area contributed by atoms with Crippen molar-refractivity contribution in [2.24, 2.45) is 0 Å². The predicted octanol–water partition coefficient (Wildman–Crippen LogP) is 4.03. The van der Waals surface area contributed by atoms with Crippen LogP contribution < -0.4 is 4.74 Å². The molecule has 0 aromatic heterocycles. The molecular weight excluding hydrogens is 304 g/mol. The molecule has 4 heteroatoms. The molecule has 0 radical (unpaired) electrons. The molecule has 1 heterocycles. The molecule has 0 aliphatic carbocycles. The van der Waals surface area contributed by atoms with E-state index in [9.17, 15) is 9.90 Å². The molecule has 0 saturated carbocycles. The molecule has 1 aliphatic rings. The van der Waals surface area contributed by atoms with Gasteiger partial charge in [-0.1, -0.05) is 18.2 Å². The lowest BCUT2D eigenvalue weighted by molar-refractivity contribution is -0.105. The number of carbonyl (C=O) groups is 1. The first-order valence-corrected chi connectivity index (χ1v) is 8.32. The number of aromatic hydroxyl groups is 1. The van der Waals surface area contributed by atoms with Gasteiger partial charge < -0.3 is 14.6 Å². The van der Waals surface area contributed by atoms with Crippen LogP contribution in [0.25, 0.3) is 0 Å². The standard InChI is InChI=1S/C20H22O4/c1-14-5-10-17(18(21)12-14)19(22)13-15-6-8-16(9-7-15)24-20-4-2-3-11-23-20/h5-10,12,20-21H,2-4,11,13H2,1H3. The van der Waals surface area contributed by atoms with Gasteiger partial charge in [-0.25, -0.2) is 0 Å². The zero-order valence-electron chi connectivity index (χ0n) is 13.8. The Bertz CT molecular complexity index is 700. The Morgan fingerprint density at radius 3 is 2.67 bits per heavy atom. The maximum Gasteiger partial charge on any atom is 0.199 e. The van der Waals surface area contributed by atoms with E-state index in [-0.39, 0.29) is 24.2 Å². The summed E-state index contributed by atoms with van der Waals surface area (Å²) in [5.74, 6) is 0.683. The van der Waals surface area contributed by atoms with Gasteiger partial charge in [-0.15, -0.1) is 0 Å². The second-order valence-electron chi connectivity index (χ2n) is 6.18. The third-order valence-electron chi connectivity index (χ3n) is 4.15. The average Bonchev–Trinajstić information content (AvgIpc) is 2.57. The summed E-state index contributed by atoms with van der Waals surface area (Å²) in [6, 6.07) is 12.6. The van der Waals surface area contributed by atoms with Crippen LogP contribution in [0.3, 0.4) is 0 Å². The quantitative estimate of drug-likeness (QED) is 0.843. The maximum absolute atomic E-state index is 12.3. The second kappa shape index (κ2) is 7.49. The normalized spacial score (nSPS) is 17.5. The van der Waals surface area contributed by atoms with E-state index in [1.54, 1.807) is 12.1 Å². The fraction of sp³-hybridized carbons (Fsp3) is 0.350. The highest BCUT2D eigenvalue weighted by Gasteiger charge is 2.15. The smallest absolute Gasteiger partial charge is 0.199 e. The van der Waals surface area contributed by atoms with Gasteiger partial charge in [0, 0.05) is 12.8 Å². The third kappa shape index (κ3) is 4.15. The lowest BCUT2D eigenvalue weighted by Crippen LogP contribution is -2.24. The number of hydrogen-bond acceptors (Lipinski definition) is 4. The molecule has 1 aliphatic heterocycles. The average molecular weight is 326 g/mol. The first kappa shape index (κ1) is 16.5. The second-order valence-corrected chi connectivity index (χ2v) is 6.18. The van der Waals surface area contributed by atoms with E-state index in [0.29, 0.717) is 5.56 Å². The van der Waals surface area contributed by atoms with Crippen molar-refractivity contribution in [2.45, 2.75) is 38.9 Å². The van der Waals surface area contributed by atoms with Crippen LogP contribution in [0.1, 0.15) is 40.7 Å². The van der Waals surface area contributed by atoms with E-state index < -0.39 is 0 Å². The Labute approximate surface area is 142 Å². The lowest BCUT2D eigenvalue weighted by Gasteiger charge is -2.23. The van der Waals surface area contributed by atoms with Crippen LogP contribution >= 0.6 is 0 Å². The fourth-order valence-electron chi connectivity index (χ4n) is 2.80. The van der Waals surface area contributed by atoms with E-state index in [2.05, 4.69) is 0 Å². The first-order chi connectivity index (χ1) is 11.6. The van der Waals surface area contributed by atoms with Gasteiger partial charge in [-0.3, -0.25) is 4.79 Å². The van der Waals surface area contributed by atoms with Crippen LogP contribution in [0.15, 0.2) is 42.5 Å². The molecule has 1 saturated heterocycles. The Morgan fingerprint density at radius 1 is 1.21 bits per heavy atom. The highest BCUT2D eigenvalue weighted by Crippen LogP contribution is 2.22. The molecule has 1 N–H and O–H groups in total. The molecule has 2 aromatic rings. The Hall–Kier alpha value is -2.33. The van der Waals surface area contributed by atoms with Crippen molar-refractivity contribution in [2.75, 3.05) is 6.61 Å². The van der Waals surface area contributed by atoms with Crippen LogP contribution in [0.5, 0.6) is 11.5 Å². The highest BCUT2D eigenvalue weighted by molar-refractivity contribution is 5.99. The van der Waals surface area contributed by atoms with Gasteiger partial charge in [0.05, 0.1) is 12.2 Å². The van der Waals surface area contributed by atoms with Crippen molar-refractivity contribution in [1.29, 1.82) is 0 Å². The minimum Gasteiger partial charge on any atom is -0.507 e. The van der Waals surface area contributed by atoms with E-state index in [0.717, 1.165) is 42.7 Å². The van der Waals surface area contributed by atoms with Crippen molar-refractivity contribution in [3.8, 4) is 11.5 Å². The Kier molecular flexibility index (Phi) is 5.16. The van der Waals surface area contributed by atoms with Gasteiger partial charge in [0.25, 0.3) is 0 Å². The summed E-state index contributed by atoms with van der Waals surface area (Å²) in [6.07, 6.45) is 3.20. The molecule has 2 aromatic carbocycles. The summed E-state index contributed by atoms with van der Waals surface area (Å²) in [5, 5.41) is 9.91. The minimum atomic E-state index is -0.171. The van der Waals surface area contributed by atoms with E-state index in [4.69, 9.17) is 9.47 Å². The number of phenols is 1. The SMILES string of the molecule is Cc1ccc(C(=O)Cc2ccc(OC3CCCCO3)cc2)c(O)c1. The van der Waals surface area contributed by atoms with Gasteiger partial charge in [0.1, 0.15) is 11.5 Å². The molecular formula is C20H22O4. The molecule has 0 amide bonds. The third-order valence-corrected chi connectivity index (χ3v) is 4.15. The van der Waals surface area contributed by atoms with E-state index >= 15 is 0 Å². The summed E-state index contributed by atoms with van der Waals surface area (Å²) in [4.78, 5) is 12.3. The first-order valence-electron chi connectivity index (χ1n) is 8.32. The molecule has 4 nitrogen and oxygen atoms in total. The van der Waals surface area contributed by atoms with Crippen molar-refractivity contribution in [3.05, 3.63) is 59.2 Å². The van der Waals surface area contributed by atoms with Crippen molar-refractivity contribution >= 4 is 5.78 Å². The number of Topliss-reactive ketones (excluding diaryl/α,β-unsaturated/α-hetero) is 1. The van der Waals surface area contributed by atoms with Crippen LogP contribution in [-0.4, -0.2) is 23.8 Å². The topological polar surface area (TPSA) is 55.8 Å². The summed E-state index contributed by atoms with van der Waals surface area (Å²) < 4.78 is 11.3. The number of rotatable bonds is 5. The number of aryl methyl sites for hydroxylation is 1. The lowest BCUT2D eigenvalue weighted by atomic mass is 10.0. The Morgan fingerprint density at radius 2 is 2.00 bits per heavy atom. The number of carbonyl (C=O) groups excluding carboxylic acids is 1. The van der Waals surface area contributed by atoms with Crippen LogP contribution in [0, 0.1) is 6.92 Å². The molecule has 1 unspecified atom stereocenters. The number of ketones is 1. The van der Waals surface area contributed by atoms with Gasteiger partial charge in [0.15, 0.2) is 12.1 Å². The van der Waals surface area contributed by atoms with Gasteiger partial charge in [-0.05, 0) is 55.2 Å². The van der Waals surface area contributed by atoms with E-state index in [1.807, 2.05) is 37.3 Å². The van der Waals surface area contributed by atoms with Crippen molar-refractivity contribution in [3.63, 3.8) is 0 Å². The summed E-state index contributed by atoms with van der Waals surface area (Å²) in [5.41, 5.74) is 2.17. The van der Waals surface area contributed by atoms with Crippen molar-refractivity contribution in [1.82, 2.24) is 0 Å². The maximum atomic E-state index is 12.3. The molecule has 1 atom stereocenters. The summed E-state index contributed by atoms with van der Waals surface area (Å²) in [6.45, 7) is 2.63. The van der Waals surface area contributed by atoms with Crippen LogP contribution in [0.4, 0.5) is 0 Å². The largest absolute Gasteiger partial charge is 0.507 e. The number of phenolic OH excluding ortho intramolecular Hbond substituents is 1. The number of ether oxygens (including phenoxy) is 2. The van der Waals surface area contributed by atoms with Gasteiger partial charge in [0.2, 0.25) is 0 Å². The molecule has 1 fully saturated rings.